The van der Waals surface area contributed by atoms with Crippen molar-refractivity contribution in [3.05, 3.63) is 35.1 Å². The van der Waals surface area contributed by atoms with Gasteiger partial charge in [-0.3, -0.25) is 0 Å². The van der Waals surface area contributed by atoms with Crippen molar-refractivity contribution in [1.82, 2.24) is 5.32 Å². The van der Waals surface area contributed by atoms with Crippen molar-refractivity contribution < 1.29 is 9.13 Å². The van der Waals surface area contributed by atoms with E-state index < -0.39 is 0 Å². The van der Waals surface area contributed by atoms with Crippen molar-refractivity contribution in [2.24, 2.45) is 0 Å². The molecule has 0 bridgehead atoms. The first kappa shape index (κ1) is 9.62. The van der Waals surface area contributed by atoms with E-state index in [1.807, 2.05) is 13.0 Å². The number of halogens is 1. The molecule has 1 atom stereocenters. The van der Waals surface area contributed by atoms with Gasteiger partial charge in [-0.15, -0.1) is 0 Å². The molecular weight excluding hydrogens is 181 g/mol. The van der Waals surface area contributed by atoms with E-state index in [0.717, 1.165) is 12.1 Å². The Morgan fingerprint density at radius 3 is 3.07 bits per heavy atom. The lowest BCUT2D eigenvalue weighted by Gasteiger charge is -2.24. The Labute approximate surface area is 83.1 Å². The summed E-state index contributed by atoms with van der Waals surface area (Å²) >= 11 is 0. The highest BCUT2D eigenvalue weighted by Crippen LogP contribution is 2.22. The van der Waals surface area contributed by atoms with Crippen LogP contribution in [0.5, 0.6) is 0 Å². The standard InChI is InChI=1S/C11H14FNO/c1-8-2-3-10(12)9(6-8)11-7-13-4-5-14-11/h2-3,6,11,13H,4-5,7H2,1H3. The lowest BCUT2D eigenvalue weighted by atomic mass is 10.1. The lowest BCUT2D eigenvalue weighted by Crippen LogP contribution is -2.33. The van der Waals surface area contributed by atoms with Gasteiger partial charge >= 0.3 is 0 Å². The minimum atomic E-state index is -0.177. The third-order valence-electron chi connectivity index (χ3n) is 2.43. The maximum Gasteiger partial charge on any atom is 0.129 e. The highest BCUT2D eigenvalue weighted by Gasteiger charge is 2.18. The van der Waals surface area contributed by atoms with Gasteiger partial charge in [-0.25, -0.2) is 4.39 Å². The Bertz CT molecular complexity index is 321. The topological polar surface area (TPSA) is 21.3 Å². The number of nitrogens with one attached hydrogen (secondary N) is 1. The van der Waals surface area contributed by atoms with Crippen LogP contribution in [-0.4, -0.2) is 19.7 Å². The lowest BCUT2D eigenvalue weighted by molar-refractivity contribution is 0.0255. The molecule has 0 amide bonds. The van der Waals surface area contributed by atoms with Crippen LogP contribution < -0.4 is 5.32 Å². The molecule has 1 N–H and O–H groups in total. The zero-order chi connectivity index (χ0) is 9.97. The normalized spacial score (nSPS) is 22.3. The first-order chi connectivity index (χ1) is 6.77. The van der Waals surface area contributed by atoms with Crippen LogP contribution in [0.1, 0.15) is 17.2 Å². The maximum atomic E-state index is 13.4. The third-order valence-corrected chi connectivity index (χ3v) is 2.43. The summed E-state index contributed by atoms with van der Waals surface area (Å²) in [6.45, 7) is 4.15. The Hall–Kier alpha value is -0.930. The molecule has 2 nitrogen and oxygen atoms in total. The van der Waals surface area contributed by atoms with E-state index in [-0.39, 0.29) is 11.9 Å². The number of aryl methyl sites for hydroxylation is 1. The van der Waals surface area contributed by atoms with Crippen molar-refractivity contribution in [3.8, 4) is 0 Å². The molecule has 1 aromatic rings. The smallest absolute Gasteiger partial charge is 0.129 e. The Kier molecular flexibility index (Phi) is 2.79. The van der Waals surface area contributed by atoms with E-state index in [9.17, 15) is 4.39 Å². The SMILES string of the molecule is Cc1ccc(F)c(C2CNCCO2)c1. The zero-order valence-corrected chi connectivity index (χ0v) is 8.22. The van der Waals surface area contributed by atoms with E-state index in [2.05, 4.69) is 5.32 Å². The minimum Gasteiger partial charge on any atom is -0.371 e. The van der Waals surface area contributed by atoms with Crippen molar-refractivity contribution in [3.63, 3.8) is 0 Å². The molecule has 76 valence electrons. The number of rotatable bonds is 1. The van der Waals surface area contributed by atoms with E-state index in [4.69, 9.17) is 4.74 Å². The molecule has 1 aliphatic heterocycles. The van der Waals surface area contributed by atoms with Crippen LogP contribution in [0.3, 0.4) is 0 Å². The molecule has 1 unspecified atom stereocenters. The first-order valence-corrected chi connectivity index (χ1v) is 4.86. The summed E-state index contributed by atoms with van der Waals surface area (Å²) in [7, 11) is 0. The fourth-order valence-corrected chi connectivity index (χ4v) is 1.68. The van der Waals surface area contributed by atoms with Gasteiger partial charge in [0.1, 0.15) is 5.82 Å². The second-order valence-corrected chi connectivity index (χ2v) is 3.59. The van der Waals surface area contributed by atoms with Crippen molar-refractivity contribution >= 4 is 0 Å². The Morgan fingerprint density at radius 2 is 2.36 bits per heavy atom. The average Bonchev–Trinajstić information content (AvgIpc) is 2.23. The van der Waals surface area contributed by atoms with Crippen molar-refractivity contribution in [2.75, 3.05) is 19.7 Å². The van der Waals surface area contributed by atoms with Gasteiger partial charge in [-0.2, -0.15) is 0 Å². The zero-order valence-electron chi connectivity index (χ0n) is 8.22. The largest absolute Gasteiger partial charge is 0.371 e. The molecule has 1 heterocycles. The molecule has 0 aromatic heterocycles. The molecule has 1 aliphatic rings. The predicted octanol–water partition coefficient (Wildman–Crippen LogP) is 1.80. The monoisotopic (exact) mass is 195 g/mol. The first-order valence-electron chi connectivity index (χ1n) is 4.86. The summed E-state index contributed by atoms with van der Waals surface area (Å²) in [5.74, 6) is -0.177. The summed E-state index contributed by atoms with van der Waals surface area (Å²) in [5.41, 5.74) is 1.73. The van der Waals surface area contributed by atoms with E-state index >= 15 is 0 Å². The Balaban J connectivity index is 2.24. The van der Waals surface area contributed by atoms with Gasteiger partial charge in [0, 0.05) is 18.7 Å². The average molecular weight is 195 g/mol. The maximum absolute atomic E-state index is 13.4. The van der Waals surface area contributed by atoms with Crippen LogP contribution in [0, 0.1) is 12.7 Å². The molecule has 1 fully saturated rings. The molecular formula is C11H14FNO. The summed E-state index contributed by atoms with van der Waals surface area (Å²) in [5, 5.41) is 3.19. The molecule has 1 aromatic carbocycles. The van der Waals surface area contributed by atoms with E-state index in [1.165, 1.54) is 6.07 Å². The minimum absolute atomic E-state index is 0.136. The van der Waals surface area contributed by atoms with Gasteiger partial charge in [0.2, 0.25) is 0 Å². The summed E-state index contributed by atoms with van der Waals surface area (Å²) in [6.07, 6.45) is -0.136. The highest BCUT2D eigenvalue weighted by molar-refractivity contribution is 5.26. The van der Waals surface area contributed by atoms with Crippen LogP contribution >= 0.6 is 0 Å². The molecule has 0 aliphatic carbocycles. The van der Waals surface area contributed by atoms with Gasteiger partial charge in [0.25, 0.3) is 0 Å². The van der Waals surface area contributed by atoms with Crippen LogP contribution in [0.15, 0.2) is 18.2 Å². The number of ether oxygens (including phenoxy) is 1. The molecule has 0 radical (unpaired) electrons. The second-order valence-electron chi connectivity index (χ2n) is 3.59. The van der Waals surface area contributed by atoms with Crippen LogP contribution in [0.25, 0.3) is 0 Å². The van der Waals surface area contributed by atoms with E-state index in [0.29, 0.717) is 18.7 Å². The summed E-state index contributed by atoms with van der Waals surface area (Å²) in [4.78, 5) is 0. The van der Waals surface area contributed by atoms with Crippen molar-refractivity contribution in [2.45, 2.75) is 13.0 Å². The molecule has 14 heavy (non-hydrogen) atoms. The summed E-state index contributed by atoms with van der Waals surface area (Å²) < 4.78 is 18.9. The van der Waals surface area contributed by atoms with Crippen LogP contribution in [0.2, 0.25) is 0 Å². The Morgan fingerprint density at radius 1 is 1.50 bits per heavy atom. The predicted molar refractivity (Wildman–Crippen MR) is 52.7 cm³/mol. The number of morpholine rings is 1. The quantitative estimate of drug-likeness (QED) is 0.737. The highest BCUT2D eigenvalue weighted by atomic mass is 19.1. The number of hydrogen-bond donors (Lipinski definition) is 1. The van der Waals surface area contributed by atoms with Crippen molar-refractivity contribution in [1.29, 1.82) is 0 Å². The summed E-state index contributed by atoms with van der Waals surface area (Å²) in [6, 6.07) is 5.13. The molecule has 3 heteroatoms. The van der Waals surface area contributed by atoms with Gasteiger partial charge in [0.15, 0.2) is 0 Å². The fourth-order valence-electron chi connectivity index (χ4n) is 1.68. The molecule has 2 rings (SSSR count). The third kappa shape index (κ3) is 1.94. The fraction of sp³-hybridized carbons (Fsp3) is 0.455. The van der Waals surface area contributed by atoms with Gasteiger partial charge in [-0.05, 0) is 13.0 Å². The van der Waals surface area contributed by atoms with Crippen LogP contribution in [-0.2, 0) is 4.74 Å². The number of hydrogen-bond acceptors (Lipinski definition) is 2. The molecule has 1 saturated heterocycles. The van der Waals surface area contributed by atoms with E-state index in [1.54, 1.807) is 6.07 Å². The molecule has 0 spiro atoms. The molecule has 0 saturated carbocycles. The van der Waals surface area contributed by atoms with Crippen LogP contribution in [0.4, 0.5) is 4.39 Å². The van der Waals surface area contributed by atoms with Gasteiger partial charge in [-0.1, -0.05) is 17.7 Å². The van der Waals surface area contributed by atoms with Gasteiger partial charge in [0.05, 0.1) is 12.7 Å². The number of benzene rings is 1. The second kappa shape index (κ2) is 4.07. The van der Waals surface area contributed by atoms with Gasteiger partial charge < -0.3 is 10.1 Å².